The van der Waals surface area contributed by atoms with Gasteiger partial charge in [0, 0.05) is 13.1 Å². The Morgan fingerprint density at radius 2 is 1.92 bits per heavy atom. The fraction of sp³-hybridized carbons (Fsp3) is 0.500. The van der Waals surface area contributed by atoms with Crippen LogP contribution in [0, 0.1) is 0 Å². The third-order valence-electron chi connectivity index (χ3n) is 5.49. The molecule has 4 N–H and O–H groups in total. The third kappa shape index (κ3) is 7.26. The SMILES string of the molecule is CCc1coc2nnc([C@@H](COCc3ccccc3)NC(=O)C(C)(C)N)n12.O=C(O)N1CCOCC1. The molecule has 12 nitrogen and oxygen atoms in total. The standard InChI is InChI=1S/C19H25N5O3.C5H9NO3/c1-4-14-11-27-18-23-22-16(24(14)18)15(21-17(25)19(2,3)20)12-26-10-13-8-6-5-7-9-13;7-5(8)6-1-3-9-4-2-6/h5-9,11,15H,4,10,12,20H2,1-3H3,(H,21,25);1-4H2,(H,7,8)/t15-;/m1./s1. The first-order valence-corrected chi connectivity index (χ1v) is 11.8. The number of benzene rings is 1. The molecule has 1 atom stereocenters. The van der Waals surface area contributed by atoms with Gasteiger partial charge >= 0.3 is 11.9 Å². The van der Waals surface area contributed by atoms with Gasteiger partial charge < -0.3 is 34.9 Å². The van der Waals surface area contributed by atoms with E-state index in [2.05, 4.69) is 15.5 Å². The molecule has 0 bridgehead atoms. The molecule has 0 spiro atoms. The van der Waals surface area contributed by atoms with Crippen molar-refractivity contribution in [1.29, 1.82) is 0 Å². The predicted octanol–water partition coefficient (Wildman–Crippen LogP) is 1.99. The number of nitrogens with zero attached hydrogens (tertiary/aromatic N) is 4. The molecule has 2 aromatic heterocycles. The van der Waals surface area contributed by atoms with Crippen LogP contribution < -0.4 is 11.1 Å². The number of nitrogens with one attached hydrogen (secondary N) is 1. The molecular formula is C24H34N6O6. The lowest BCUT2D eigenvalue weighted by Crippen LogP contribution is -2.51. The minimum Gasteiger partial charge on any atom is -0.465 e. The highest BCUT2D eigenvalue weighted by atomic mass is 16.5. The van der Waals surface area contributed by atoms with Crippen LogP contribution in [-0.2, 0) is 27.3 Å². The van der Waals surface area contributed by atoms with Gasteiger partial charge in [-0.2, -0.15) is 0 Å². The lowest BCUT2D eigenvalue weighted by Gasteiger charge is -2.23. The van der Waals surface area contributed by atoms with Gasteiger partial charge in [-0.15, -0.1) is 5.10 Å². The first-order valence-electron chi connectivity index (χ1n) is 11.8. The van der Waals surface area contributed by atoms with Gasteiger partial charge in [-0.1, -0.05) is 42.4 Å². The topological polar surface area (TPSA) is 157 Å². The molecular weight excluding hydrogens is 468 g/mol. The number of ether oxygens (including phenoxy) is 2. The number of hydrogen-bond donors (Lipinski definition) is 3. The van der Waals surface area contributed by atoms with Crippen LogP contribution in [0.15, 0.2) is 41.0 Å². The van der Waals surface area contributed by atoms with Crippen LogP contribution in [0.4, 0.5) is 4.79 Å². The smallest absolute Gasteiger partial charge is 0.407 e. The average Bonchev–Trinajstić information content (AvgIpc) is 3.47. The maximum absolute atomic E-state index is 12.5. The predicted molar refractivity (Wildman–Crippen MR) is 130 cm³/mol. The molecule has 1 saturated heterocycles. The highest BCUT2D eigenvalue weighted by Crippen LogP contribution is 2.19. The Labute approximate surface area is 209 Å². The van der Waals surface area contributed by atoms with Crippen molar-refractivity contribution in [3.63, 3.8) is 0 Å². The molecule has 2 amide bonds. The second-order valence-corrected chi connectivity index (χ2v) is 8.89. The zero-order chi connectivity index (χ0) is 26.1. The van der Waals surface area contributed by atoms with Crippen LogP contribution in [0.2, 0.25) is 0 Å². The van der Waals surface area contributed by atoms with E-state index in [1.807, 2.05) is 37.3 Å². The van der Waals surface area contributed by atoms with E-state index in [0.717, 1.165) is 17.7 Å². The summed E-state index contributed by atoms with van der Waals surface area (Å²) in [4.78, 5) is 24.0. The number of aryl methyl sites for hydroxylation is 1. The Morgan fingerprint density at radius 1 is 1.22 bits per heavy atom. The minimum absolute atomic E-state index is 0.228. The summed E-state index contributed by atoms with van der Waals surface area (Å²) >= 11 is 0. The number of oxazole rings is 1. The molecule has 3 heterocycles. The summed E-state index contributed by atoms with van der Waals surface area (Å²) in [5.74, 6) is 0.645. The van der Waals surface area contributed by atoms with Gasteiger partial charge in [0.05, 0.1) is 37.7 Å². The molecule has 1 aliphatic heterocycles. The van der Waals surface area contributed by atoms with E-state index in [9.17, 15) is 9.59 Å². The Bertz CT molecular complexity index is 1120. The summed E-state index contributed by atoms with van der Waals surface area (Å²) in [7, 11) is 0. The highest BCUT2D eigenvalue weighted by molar-refractivity contribution is 5.85. The summed E-state index contributed by atoms with van der Waals surface area (Å²) in [6.45, 7) is 8.05. The number of morpholine rings is 1. The number of carbonyl (C=O) groups excluding carboxylic acids is 1. The van der Waals surface area contributed by atoms with Crippen molar-refractivity contribution in [2.24, 2.45) is 5.73 Å². The summed E-state index contributed by atoms with van der Waals surface area (Å²) < 4.78 is 18.0. The maximum atomic E-state index is 12.5. The lowest BCUT2D eigenvalue weighted by atomic mass is 10.1. The van der Waals surface area contributed by atoms with Gasteiger partial charge in [0.15, 0.2) is 5.82 Å². The van der Waals surface area contributed by atoms with Crippen molar-refractivity contribution in [2.45, 2.75) is 45.4 Å². The molecule has 196 valence electrons. The van der Waals surface area contributed by atoms with Gasteiger partial charge in [0.25, 0.3) is 0 Å². The molecule has 36 heavy (non-hydrogen) atoms. The van der Waals surface area contributed by atoms with Gasteiger partial charge in [-0.25, -0.2) is 9.20 Å². The fourth-order valence-corrected chi connectivity index (χ4v) is 3.42. The first kappa shape index (κ1) is 27.1. The molecule has 1 aromatic carbocycles. The van der Waals surface area contributed by atoms with Crippen LogP contribution in [0.5, 0.6) is 0 Å². The van der Waals surface area contributed by atoms with E-state index in [-0.39, 0.29) is 12.5 Å². The van der Waals surface area contributed by atoms with Crippen LogP contribution in [0.1, 0.15) is 43.9 Å². The summed E-state index contributed by atoms with van der Waals surface area (Å²) in [6, 6.07) is 9.32. The Morgan fingerprint density at radius 3 is 2.50 bits per heavy atom. The minimum atomic E-state index is -1.02. The van der Waals surface area contributed by atoms with Gasteiger partial charge in [0.2, 0.25) is 5.91 Å². The maximum Gasteiger partial charge on any atom is 0.407 e. The molecule has 12 heteroatoms. The summed E-state index contributed by atoms with van der Waals surface area (Å²) in [5.41, 5.74) is 6.88. The van der Waals surface area contributed by atoms with Gasteiger partial charge in [-0.3, -0.25) is 4.79 Å². The van der Waals surface area contributed by atoms with E-state index >= 15 is 0 Å². The number of rotatable bonds is 8. The van der Waals surface area contributed by atoms with Crippen molar-refractivity contribution in [3.8, 4) is 0 Å². The van der Waals surface area contributed by atoms with E-state index in [0.29, 0.717) is 44.6 Å². The monoisotopic (exact) mass is 502 g/mol. The summed E-state index contributed by atoms with van der Waals surface area (Å²) in [5, 5.41) is 19.6. The molecule has 3 aromatic rings. The number of carboxylic acid groups (broad SMARTS) is 1. The number of aromatic nitrogens is 3. The number of fused-ring (bicyclic) bond motifs is 1. The van der Waals surface area contributed by atoms with Crippen molar-refractivity contribution in [1.82, 2.24) is 24.8 Å². The van der Waals surface area contributed by atoms with E-state index in [4.69, 9.17) is 24.7 Å². The Kier molecular flexibility index (Phi) is 9.39. The van der Waals surface area contributed by atoms with E-state index in [1.165, 1.54) is 4.90 Å². The van der Waals surface area contributed by atoms with Gasteiger partial charge in [-0.05, 0) is 25.8 Å². The molecule has 0 aliphatic carbocycles. The molecule has 0 radical (unpaired) electrons. The van der Waals surface area contributed by atoms with Crippen LogP contribution >= 0.6 is 0 Å². The highest BCUT2D eigenvalue weighted by Gasteiger charge is 2.29. The molecule has 0 saturated carbocycles. The van der Waals surface area contributed by atoms with E-state index in [1.54, 1.807) is 24.5 Å². The second-order valence-electron chi connectivity index (χ2n) is 8.89. The average molecular weight is 503 g/mol. The van der Waals surface area contributed by atoms with Gasteiger partial charge in [0.1, 0.15) is 12.3 Å². The Hall–Kier alpha value is -3.48. The number of amides is 2. The van der Waals surface area contributed by atoms with Crippen molar-refractivity contribution < 1.29 is 28.6 Å². The molecule has 1 fully saturated rings. The molecule has 4 rings (SSSR count). The second kappa shape index (κ2) is 12.5. The first-order chi connectivity index (χ1) is 17.2. The number of carbonyl (C=O) groups is 2. The normalized spacial score (nSPS) is 14.7. The van der Waals surface area contributed by atoms with Crippen LogP contribution in [-0.4, -0.2) is 75.1 Å². The fourth-order valence-electron chi connectivity index (χ4n) is 3.42. The van der Waals surface area contributed by atoms with Crippen LogP contribution in [0.3, 0.4) is 0 Å². The largest absolute Gasteiger partial charge is 0.465 e. The zero-order valence-electron chi connectivity index (χ0n) is 20.8. The zero-order valence-corrected chi connectivity index (χ0v) is 20.8. The Balaban J connectivity index is 0.000000338. The number of hydrogen-bond acceptors (Lipinski definition) is 8. The van der Waals surface area contributed by atoms with Crippen molar-refractivity contribution >= 4 is 17.8 Å². The quantitative estimate of drug-likeness (QED) is 0.419. The lowest BCUT2D eigenvalue weighted by molar-refractivity contribution is -0.126. The van der Waals surface area contributed by atoms with Crippen LogP contribution in [0.25, 0.3) is 5.84 Å². The van der Waals surface area contributed by atoms with E-state index < -0.39 is 17.7 Å². The molecule has 1 aliphatic rings. The number of nitrogens with two attached hydrogens (primary N) is 1. The van der Waals surface area contributed by atoms with Crippen molar-refractivity contribution in [3.05, 3.63) is 53.7 Å². The summed E-state index contributed by atoms with van der Waals surface area (Å²) in [6.07, 6.45) is 1.54. The molecule has 0 unspecified atom stereocenters. The third-order valence-corrected chi connectivity index (χ3v) is 5.49. The van der Waals surface area contributed by atoms with Crippen molar-refractivity contribution in [2.75, 3.05) is 32.9 Å².